The Labute approximate surface area is 82.0 Å². The Bertz CT molecular complexity index is 214. The highest BCUT2D eigenvalue weighted by Crippen LogP contribution is 2.23. The molecule has 0 aliphatic rings. The third kappa shape index (κ3) is 5.34. The standard InChI is InChI=1S/C8H15NO5/c1-8(2,7(10)11)5-3-4-6-14-9(12)13/h3-6H2,1-2H3,(H,10,11). The van der Waals surface area contributed by atoms with Gasteiger partial charge in [0.1, 0.15) is 0 Å². The largest absolute Gasteiger partial charge is 0.481 e. The van der Waals surface area contributed by atoms with Gasteiger partial charge < -0.3 is 9.94 Å². The highest BCUT2D eigenvalue weighted by Gasteiger charge is 2.25. The molecule has 6 nitrogen and oxygen atoms in total. The number of carboxylic acid groups (broad SMARTS) is 1. The SMILES string of the molecule is CC(C)(CCCCO[N+](=O)[O-])C(=O)O. The van der Waals surface area contributed by atoms with Gasteiger partial charge in [-0.2, -0.15) is 0 Å². The van der Waals surface area contributed by atoms with Gasteiger partial charge in [0.25, 0.3) is 5.09 Å². The first-order valence-corrected chi connectivity index (χ1v) is 4.37. The zero-order valence-corrected chi connectivity index (χ0v) is 8.36. The highest BCUT2D eigenvalue weighted by atomic mass is 16.9. The number of aliphatic carboxylic acids is 1. The molecule has 0 bridgehead atoms. The minimum atomic E-state index is -0.854. The van der Waals surface area contributed by atoms with E-state index in [4.69, 9.17) is 5.11 Å². The van der Waals surface area contributed by atoms with E-state index in [2.05, 4.69) is 4.84 Å². The number of hydrogen-bond donors (Lipinski definition) is 1. The summed E-state index contributed by atoms with van der Waals surface area (Å²) in [5.74, 6) is -0.854. The Balaban J connectivity index is 3.54. The topological polar surface area (TPSA) is 89.7 Å². The van der Waals surface area contributed by atoms with Gasteiger partial charge >= 0.3 is 5.97 Å². The van der Waals surface area contributed by atoms with Crippen molar-refractivity contribution in [2.75, 3.05) is 6.61 Å². The fourth-order valence-electron chi connectivity index (χ4n) is 0.915. The summed E-state index contributed by atoms with van der Waals surface area (Å²) in [6.07, 6.45) is 1.59. The molecule has 0 aromatic rings. The van der Waals surface area contributed by atoms with Crippen LogP contribution in [0.25, 0.3) is 0 Å². The lowest BCUT2D eigenvalue weighted by Crippen LogP contribution is -2.23. The molecule has 0 atom stereocenters. The third-order valence-electron chi connectivity index (χ3n) is 1.97. The molecule has 0 fully saturated rings. The summed E-state index contributed by atoms with van der Waals surface area (Å²) < 4.78 is 0. The fraction of sp³-hybridized carbons (Fsp3) is 0.875. The zero-order chi connectivity index (χ0) is 11.2. The number of hydrogen-bond acceptors (Lipinski definition) is 4. The molecule has 0 aliphatic heterocycles. The lowest BCUT2D eigenvalue weighted by atomic mass is 9.87. The van der Waals surface area contributed by atoms with Crippen molar-refractivity contribution in [3.8, 4) is 0 Å². The molecule has 0 radical (unpaired) electrons. The Morgan fingerprint density at radius 2 is 2.07 bits per heavy atom. The van der Waals surface area contributed by atoms with Crippen LogP contribution in [0.15, 0.2) is 0 Å². The summed E-state index contributed by atoms with van der Waals surface area (Å²) in [5, 5.41) is 17.7. The maximum Gasteiger partial charge on any atom is 0.309 e. The van der Waals surface area contributed by atoms with Crippen molar-refractivity contribution in [1.29, 1.82) is 0 Å². The van der Waals surface area contributed by atoms with Crippen molar-refractivity contribution < 1.29 is 19.8 Å². The molecule has 6 heteroatoms. The molecule has 0 aromatic carbocycles. The van der Waals surface area contributed by atoms with Crippen molar-refractivity contribution >= 4 is 5.97 Å². The molecule has 0 unspecified atom stereocenters. The molecule has 0 saturated carbocycles. The van der Waals surface area contributed by atoms with Crippen LogP contribution in [0.3, 0.4) is 0 Å². The molecular weight excluding hydrogens is 190 g/mol. The minimum Gasteiger partial charge on any atom is -0.481 e. The van der Waals surface area contributed by atoms with Gasteiger partial charge in [0.15, 0.2) is 0 Å². The summed E-state index contributed by atoms with van der Waals surface area (Å²) in [7, 11) is 0. The van der Waals surface area contributed by atoms with Gasteiger partial charge in [0, 0.05) is 0 Å². The van der Waals surface area contributed by atoms with E-state index in [9.17, 15) is 14.9 Å². The van der Waals surface area contributed by atoms with E-state index in [-0.39, 0.29) is 6.61 Å². The van der Waals surface area contributed by atoms with Crippen LogP contribution < -0.4 is 0 Å². The minimum absolute atomic E-state index is 0.0305. The van der Waals surface area contributed by atoms with Gasteiger partial charge in [0.05, 0.1) is 12.0 Å². The molecular formula is C8H15NO5. The van der Waals surface area contributed by atoms with E-state index < -0.39 is 16.5 Å². The predicted molar refractivity (Wildman–Crippen MR) is 48.2 cm³/mol. The normalized spacial score (nSPS) is 11.0. The van der Waals surface area contributed by atoms with Crippen LogP contribution >= 0.6 is 0 Å². The van der Waals surface area contributed by atoms with Crippen LogP contribution in [-0.2, 0) is 9.63 Å². The van der Waals surface area contributed by atoms with Crippen molar-refractivity contribution in [3.05, 3.63) is 10.1 Å². The number of carbonyl (C=O) groups is 1. The van der Waals surface area contributed by atoms with Crippen LogP contribution in [0.1, 0.15) is 33.1 Å². The molecule has 0 spiro atoms. The van der Waals surface area contributed by atoms with Crippen LogP contribution in [0.5, 0.6) is 0 Å². The van der Waals surface area contributed by atoms with Crippen molar-refractivity contribution in [3.63, 3.8) is 0 Å². The molecule has 0 aromatic heterocycles. The van der Waals surface area contributed by atoms with Gasteiger partial charge in [0.2, 0.25) is 0 Å². The maximum atomic E-state index is 10.7. The highest BCUT2D eigenvalue weighted by molar-refractivity contribution is 5.73. The quantitative estimate of drug-likeness (QED) is 0.386. The Hall–Kier alpha value is -1.33. The first kappa shape index (κ1) is 12.7. The molecule has 0 heterocycles. The molecule has 14 heavy (non-hydrogen) atoms. The molecule has 0 saturated heterocycles. The lowest BCUT2D eigenvalue weighted by molar-refractivity contribution is -0.757. The van der Waals surface area contributed by atoms with Gasteiger partial charge in [-0.1, -0.05) is 6.42 Å². The summed E-state index contributed by atoms with van der Waals surface area (Å²) in [4.78, 5) is 24.5. The Morgan fingerprint density at radius 3 is 2.50 bits per heavy atom. The van der Waals surface area contributed by atoms with Gasteiger partial charge in [-0.25, -0.2) is 0 Å². The average molecular weight is 205 g/mol. The predicted octanol–water partition coefficient (Wildman–Crippen LogP) is 1.48. The smallest absolute Gasteiger partial charge is 0.309 e. The van der Waals surface area contributed by atoms with Crippen LogP contribution in [0, 0.1) is 15.5 Å². The molecule has 0 rings (SSSR count). The second kappa shape index (κ2) is 5.41. The van der Waals surface area contributed by atoms with E-state index in [0.717, 1.165) is 0 Å². The van der Waals surface area contributed by atoms with Crippen LogP contribution in [0.4, 0.5) is 0 Å². The zero-order valence-electron chi connectivity index (χ0n) is 8.36. The van der Waals surface area contributed by atoms with E-state index >= 15 is 0 Å². The van der Waals surface area contributed by atoms with Crippen molar-refractivity contribution in [1.82, 2.24) is 0 Å². The third-order valence-corrected chi connectivity index (χ3v) is 1.97. The number of rotatable bonds is 7. The van der Waals surface area contributed by atoms with Gasteiger partial charge in [-0.05, 0) is 26.7 Å². The van der Waals surface area contributed by atoms with E-state index in [1.165, 1.54) is 0 Å². The molecule has 82 valence electrons. The van der Waals surface area contributed by atoms with Gasteiger partial charge in [-0.15, -0.1) is 10.1 Å². The fourth-order valence-corrected chi connectivity index (χ4v) is 0.915. The second-order valence-electron chi connectivity index (χ2n) is 3.70. The molecule has 0 amide bonds. The number of unbranched alkanes of at least 4 members (excludes halogenated alkanes) is 1. The molecule has 0 aliphatic carbocycles. The first-order valence-electron chi connectivity index (χ1n) is 4.37. The summed E-state index contributed by atoms with van der Waals surface area (Å²) >= 11 is 0. The lowest BCUT2D eigenvalue weighted by Gasteiger charge is -2.18. The van der Waals surface area contributed by atoms with Crippen LogP contribution in [-0.4, -0.2) is 22.8 Å². The average Bonchev–Trinajstić information content (AvgIpc) is 2.02. The van der Waals surface area contributed by atoms with Crippen LogP contribution in [0.2, 0.25) is 0 Å². The van der Waals surface area contributed by atoms with E-state index in [0.29, 0.717) is 19.3 Å². The Kier molecular flexibility index (Phi) is 4.90. The van der Waals surface area contributed by atoms with E-state index in [1.807, 2.05) is 0 Å². The molecule has 1 N–H and O–H groups in total. The summed E-state index contributed by atoms with van der Waals surface area (Å²) in [5.41, 5.74) is -0.769. The number of carboxylic acids is 1. The second-order valence-corrected chi connectivity index (χ2v) is 3.70. The Morgan fingerprint density at radius 1 is 1.50 bits per heavy atom. The van der Waals surface area contributed by atoms with Gasteiger partial charge in [-0.3, -0.25) is 4.79 Å². The summed E-state index contributed by atoms with van der Waals surface area (Å²) in [6.45, 7) is 3.29. The monoisotopic (exact) mass is 205 g/mol. The first-order chi connectivity index (χ1) is 6.36. The van der Waals surface area contributed by atoms with E-state index in [1.54, 1.807) is 13.8 Å². The van der Waals surface area contributed by atoms with Crippen molar-refractivity contribution in [2.24, 2.45) is 5.41 Å². The number of nitrogens with zero attached hydrogens (tertiary/aromatic N) is 1. The van der Waals surface area contributed by atoms with Crippen molar-refractivity contribution in [2.45, 2.75) is 33.1 Å². The summed E-state index contributed by atoms with van der Waals surface area (Å²) in [6, 6.07) is 0. The maximum absolute atomic E-state index is 10.7.